The number of allylic oxidation sites excluding steroid dienone is 2. The molecule has 0 fully saturated rings. The molecule has 0 bridgehead atoms. The quantitative estimate of drug-likeness (QED) is 0.440. The predicted octanol–water partition coefficient (Wildman–Crippen LogP) is 6.65. The van der Waals surface area contributed by atoms with Gasteiger partial charge < -0.3 is 22.3 Å². The van der Waals surface area contributed by atoms with Gasteiger partial charge in [0.15, 0.2) is 5.70 Å². The third-order valence-electron chi connectivity index (χ3n) is 6.94. The van der Waals surface area contributed by atoms with Crippen LogP contribution in [0.4, 0.5) is 8.63 Å². The molecule has 0 N–H and O–H groups in total. The minimum atomic E-state index is -4.00. The third kappa shape index (κ3) is 2.85. The lowest BCUT2D eigenvalue weighted by Crippen LogP contribution is -2.51. The van der Waals surface area contributed by atoms with Gasteiger partial charge in [0, 0.05) is 23.8 Å². The molecule has 0 saturated heterocycles. The van der Waals surface area contributed by atoms with Crippen LogP contribution in [0.25, 0.3) is 5.57 Å². The summed E-state index contributed by atoms with van der Waals surface area (Å²) in [6, 6.07) is 5.82. The third-order valence-corrected chi connectivity index (χ3v) is 7.56. The zero-order valence-corrected chi connectivity index (χ0v) is 20.7. The van der Waals surface area contributed by atoms with Gasteiger partial charge >= 0.3 is 6.97 Å². The van der Waals surface area contributed by atoms with Crippen LogP contribution in [-0.2, 0) is 6.42 Å². The Labute approximate surface area is 191 Å². The summed E-state index contributed by atoms with van der Waals surface area (Å²) < 4.78 is 41.2. The standard InChI is InChI=1S/C24H28BBrF2N2O/c1-8-18-13(3)23-22(17-10-11-21(31-7)20(26)12-17)24-14(4)19(9-2)16(6)30(24)25(27,28)29(23)15(18)5/h10-12H,8-9H2,1-7H3. The number of benzene rings is 1. The zero-order valence-electron chi connectivity index (χ0n) is 19.2. The van der Waals surface area contributed by atoms with E-state index in [1.54, 1.807) is 7.11 Å². The van der Waals surface area contributed by atoms with E-state index in [1.807, 2.05) is 59.7 Å². The van der Waals surface area contributed by atoms with E-state index in [-0.39, 0.29) is 0 Å². The number of methoxy groups -OCH3 is 1. The van der Waals surface area contributed by atoms with Crippen LogP contribution in [0.5, 0.6) is 5.75 Å². The van der Waals surface area contributed by atoms with Gasteiger partial charge in [-0.25, -0.2) is 0 Å². The smallest absolute Gasteiger partial charge is 0.496 e. The largest absolute Gasteiger partial charge is 0.737 e. The minimum Gasteiger partial charge on any atom is -0.496 e. The molecule has 2 aliphatic rings. The van der Waals surface area contributed by atoms with Gasteiger partial charge in [-0.2, -0.15) is 0 Å². The Balaban J connectivity index is 2.20. The predicted molar refractivity (Wildman–Crippen MR) is 127 cm³/mol. The van der Waals surface area contributed by atoms with E-state index in [1.165, 1.54) is 8.96 Å². The van der Waals surface area contributed by atoms with Gasteiger partial charge in [0.05, 0.1) is 17.2 Å². The van der Waals surface area contributed by atoms with Crippen molar-refractivity contribution in [2.24, 2.45) is 0 Å². The number of aromatic nitrogens is 1. The fourth-order valence-corrected chi connectivity index (χ4v) is 6.11. The van der Waals surface area contributed by atoms with Crippen molar-refractivity contribution in [2.75, 3.05) is 7.11 Å². The summed E-state index contributed by atoms with van der Waals surface area (Å²) >= 11 is 3.58. The number of nitrogens with zero attached hydrogens (tertiary/aromatic N) is 2. The summed E-state index contributed by atoms with van der Waals surface area (Å²) in [6.45, 7) is 7.66. The molecule has 7 heteroatoms. The Bertz CT molecular complexity index is 1220. The van der Waals surface area contributed by atoms with Crippen molar-refractivity contribution in [1.29, 1.82) is 0 Å². The summed E-state index contributed by atoms with van der Waals surface area (Å²) in [4.78, 5) is 0. The summed E-state index contributed by atoms with van der Waals surface area (Å²) in [5.74, 6) is 0.713. The second-order valence-electron chi connectivity index (χ2n) is 8.33. The second kappa shape index (κ2) is 7.47. The molecule has 0 unspecified atom stereocenters. The van der Waals surface area contributed by atoms with Gasteiger partial charge in [-0.05, 0) is 84.1 Å². The lowest BCUT2D eigenvalue weighted by atomic mass is 9.83. The molecule has 3 nitrogen and oxygen atoms in total. The lowest BCUT2D eigenvalue weighted by Gasteiger charge is -2.34. The Hall–Kier alpha value is -2.15. The van der Waals surface area contributed by atoms with Crippen LogP contribution < -0.4 is 4.74 Å². The molecule has 0 saturated carbocycles. The van der Waals surface area contributed by atoms with E-state index in [9.17, 15) is 0 Å². The van der Waals surface area contributed by atoms with E-state index < -0.39 is 6.97 Å². The summed E-state index contributed by atoms with van der Waals surface area (Å²) in [5, 5.41) is 0. The first-order valence-corrected chi connectivity index (χ1v) is 11.6. The Morgan fingerprint density at radius 2 is 1.77 bits per heavy atom. The van der Waals surface area contributed by atoms with Crippen molar-refractivity contribution in [3.05, 3.63) is 67.6 Å². The van der Waals surface area contributed by atoms with Crippen LogP contribution in [0.15, 0.2) is 39.5 Å². The lowest BCUT2D eigenvalue weighted by molar-refractivity contribution is -0.363. The molecule has 2 aromatic rings. The Morgan fingerprint density at radius 3 is 2.32 bits per heavy atom. The normalized spacial score (nSPS) is 17.5. The molecular weight excluding hydrogens is 461 g/mol. The first-order valence-electron chi connectivity index (χ1n) is 10.8. The molecule has 0 aliphatic carbocycles. The first-order chi connectivity index (χ1) is 14.6. The van der Waals surface area contributed by atoms with Crippen LogP contribution in [-0.4, -0.2) is 28.8 Å². The maximum absolute atomic E-state index is 16.2. The number of hydrogen-bond acceptors (Lipinski definition) is 1. The fraction of sp³-hybridized carbons (Fsp3) is 0.375. The number of hydrogen-bond donors (Lipinski definition) is 0. The highest BCUT2D eigenvalue weighted by molar-refractivity contribution is 9.10. The Kier molecular flexibility index (Phi) is 5.32. The maximum atomic E-state index is 16.2. The summed E-state index contributed by atoms with van der Waals surface area (Å²) in [7, 11) is 1.62. The zero-order chi connectivity index (χ0) is 22.8. The highest BCUT2D eigenvalue weighted by atomic mass is 79.9. The Morgan fingerprint density at radius 1 is 1.10 bits per heavy atom. The monoisotopic (exact) mass is 488 g/mol. The van der Waals surface area contributed by atoms with Gasteiger partial charge in [-0.15, -0.1) is 0 Å². The van der Waals surface area contributed by atoms with Gasteiger partial charge in [-0.1, -0.05) is 19.9 Å². The van der Waals surface area contributed by atoms with Crippen molar-refractivity contribution < 1.29 is 17.9 Å². The number of rotatable bonds is 4. The molecule has 0 radical (unpaired) electrons. The van der Waals surface area contributed by atoms with Crippen molar-refractivity contribution in [1.82, 2.24) is 4.48 Å². The molecule has 164 valence electrons. The molecule has 1 aromatic heterocycles. The van der Waals surface area contributed by atoms with E-state index in [2.05, 4.69) is 15.9 Å². The number of halogens is 3. The highest BCUT2D eigenvalue weighted by Crippen LogP contribution is 2.47. The summed E-state index contributed by atoms with van der Waals surface area (Å²) in [6.07, 6.45) is 1.44. The van der Waals surface area contributed by atoms with Crippen molar-refractivity contribution in [3.8, 4) is 5.75 Å². The average Bonchev–Trinajstić information content (AvgIpc) is 3.13. The molecule has 1 aromatic carbocycles. The van der Waals surface area contributed by atoms with Crippen LogP contribution in [0.1, 0.15) is 62.2 Å². The van der Waals surface area contributed by atoms with Gasteiger partial charge in [-0.3, -0.25) is 0 Å². The van der Waals surface area contributed by atoms with Crippen LogP contribution in [0.2, 0.25) is 0 Å². The molecule has 0 atom stereocenters. The maximum Gasteiger partial charge on any atom is 0.737 e. The van der Waals surface area contributed by atoms with Gasteiger partial charge in [0.25, 0.3) is 0 Å². The molecule has 4 rings (SSSR count). The van der Waals surface area contributed by atoms with Gasteiger partial charge in [0.2, 0.25) is 0 Å². The van der Waals surface area contributed by atoms with Crippen LogP contribution in [0, 0.1) is 13.8 Å². The first kappa shape index (κ1) is 22.1. The molecule has 0 amide bonds. The topological polar surface area (TPSA) is 17.2 Å². The number of ether oxygens (including phenoxy) is 1. The van der Waals surface area contributed by atoms with Crippen LogP contribution >= 0.6 is 15.9 Å². The fourth-order valence-electron chi connectivity index (χ4n) is 5.57. The number of fused-ring (bicyclic) bond motifs is 2. The molecule has 3 heterocycles. The molecule has 0 spiro atoms. The average molecular weight is 489 g/mol. The van der Waals surface area contributed by atoms with Crippen molar-refractivity contribution >= 4 is 34.2 Å². The summed E-state index contributed by atoms with van der Waals surface area (Å²) in [5.41, 5.74) is 8.19. The highest BCUT2D eigenvalue weighted by Gasteiger charge is 2.56. The van der Waals surface area contributed by atoms with Crippen molar-refractivity contribution in [3.63, 3.8) is 0 Å². The molecule has 2 aliphatic heterocycles. The van der Waals surface area contributed by atoms with E-state index in [0.717, 1.165) is 50.7 Å². The SMILES string of the molecule is CCC1=C(C)C2=C(c3ccc(OC)c(Br)c3)c3c(C)c(CC)c(C)n3[B-](F)(F)[N+]2=C1C. The van der Waals surface area contributed by atoms with Crippen molar-refractivity contribution in [2.45, 2.75) is 54.4 Å². The molecular formula is C24H28BBrF2N2O. The van der Waals surface area contributed by atoms with Gasteiger partial charge in [0.1, 0.15) is 11.5 Å². The second-order valence-corrected chi connectivity index (χ2v) is 9.19. The van der Waals surface area contributed by atoms with E-state index in [0.29, 0.717) is 28.5 Å². The van der Waals surface area contributed by atoms with E-state index in [4.69, 9.17) is 4.74 Å². The van der Waals surface area contributed by atoms with E-state index >= 15 is 8.63 Å². The van der Waals surface area contributed by atoms with Crippen LogP contribution in [0.3, 0.4) is 0 Å². The molecule has 31 heavy (non-hydrogen) atoms. The minimum absolute atomic E-state index is 0.632.